The van der Waals surface area contributed by atoms with Crippen LogP contribution in [-0.2, 0) is 0 Å². The summed E-state index contributed by atoms with van der Waals surface area (Å²) >= 11 is 1.73. The summed E-state index contributed by atoms with van der Waals surface area (Å²) in [4.78, 5) is 2.40. The summed E-state index contributed by atoms with van der Waals surface area (Å²) < 4.78 is 12.9. The van der Waals surface area contributed by atoms with Gasteiger partial charge in [0, 0.05) is 16.3 Å². The highest BCUT2D eigenvalue weighted by molar-refractivity contribution is 7.16. The fourth-order valence-electron chi connectivity index (χ4n) is 2.05. The van der Waals surface area contributed by atoms with E-state index in [0.29, 0.717) is 5.92 Å². The molecule has 0 aliphatic carbocycles. The molecule has 1 aromatic carbocycles. The smallest absolute Gasteiger partial charge is 0.123 e. The van der Waals surface area contributed by atoms with Crippen molar-refractivity contribution in [3.63, 3.8) is 0 Å². The van der Waals surface area contributed by atoms with Gasteiger partial charge in [0.25, 0.3) is 0 Å². The molecule has 0 saturated carbocycles. The van der Waals surface area contributed by atoms with Crippen molar-refractivity contribution in [1.82, 2.24) is 5.32 Å². The quantitative estimate of drug-likeness (QED) is 0.773. The molecule has 1 aromatic heterocycles. The Morgan fingerprint density at radius 3 is 2.57 bits per heavy atom. The van der Waals surface area contributed by atoms with E-state index in [1.165, 1.54) is 27.5 Å². The van der Waals surface area contributed by atoms with E-state index in [-0.39, 0.29) is 5.82 Å². The molecule has 0 aliphatic heterocycles. The van der Waals surface area contributed by atoms with Crippen LogP contribution in [0.25, 0.3) is 16.5 Å². The van der Waals surface area contributed by atoms with Crippen LogP contribution in [-0.4, -0.2) is 13.1 Å². The monoisotopic (exact) mass is 303 g/mol. The van der Waals surface area contributed by atoms with Gasteiger partial charge in [0.05, 0.1) is 0 Å². The summed E-state index contributed by atoms with van der Waals surface area (Å²) in [6.45, 7) is 8.52. The van der Waals surface area contributed by atoms with Crippen molar-refractivity contribution in [2.45, 2.75) is 20.8 Å². The largest absolute Gasteiger partial charge is 0.313 e. The minimum absolute atomic E-state index is 0.192. The van der Waals surface area contributed by atoms with Gasteiger partial charge in [0.1, 0.15) is 5.82 Å². The minimum atomic E-state index is -0.192. The Kier molecular flexibility index (Phi) is 5.71. The van der Waals surface area contributed by atoms with Crippen LogP contribution < -0.4 is 5.32 Å². The maximum atomic E-state index is 12.9. The Balaban J connectivity index is 2.00. The zero-order valence-corrected chi connectivity index (χ0v) is 13.6. The number of benzene rings is 1. The van der Waals surface area contributed by atoms with Gasteiger partial charge in [-0.15, -0.1) is 11.3 Å². The van der Waals surface area contributed by atoms with Crippen LogP contribution >= 0.6 is 11.3 Å². The number of halogens is 1. The summed E-state index contributed by atoms with van der Waals surface area (Å²) in [6, 6.07) is 10.9. The standard InChI is InChI=1S/C18H22FNS/c1-13(2)11-20-12-14(3)10-17-8-9-18(21-17)15-4-6-16(19)7-5-15/h4-10,13,20H,11-12H2,1-3H3. The van der Waals surface area contributed by atoms with Gasteiger partial charge in [-0.25, -0.2) is 4.39 Å². The molecule has 0 saturated heterocycles. The molecule has 0 radical (unpaired) electrons. The van der Waals surface area contributed by atoms with Gasteiger partial charge in [-0.3, -0.25) is 0 Å². The number of rotatable bonds is 6. The predicted octanol–water partition coefficient (Wildman–Crippen LogP) is 5.20. The Bertz CT molecular complexity index is 596. The molecule has 112 valence electrons. The molecule has 0 unspecified atom stereocenters. The molecule has 0 aliphatic rings. The van der Waals surface area contributed by atoms with Crippen molar-refractivity contribution in [2.75, 3.05) is 13.1 Å². The van der Waals surface area contributed by atoms with Crippen LogP contribution in [0.4, 0.5) is 4.39 Å². The van der Waals surface area contributed by atoms with Gasteiger partial charge in [-0.1, -0.05) is 31.6 Å². The summed E-state index contributed by atoms with van der Waals surface area (Å²) in [7, 11) is 0. The third kappa shape index (κ3) is 5.10. The fourth-order valence-corrected chi connectivity index (χ4v) is 3.09. The van der Waals surface area contributed by atoms with Gasteiger partial charge >= 0.3 is 0 Å². The second-order valence-corrected chi connectivity index (χ2v) is 6.84. The normalized spacial score (nSPS) is 12.1. The highest BCUT2D eigenvalue weighted by Crippen LogP contribution is 2.29. The van der Waals surface area contributed by atoms with Crippen LogP contribution in [0, 0.1) is 11.7 Å². The molecule has 0 bridgehead atoms. The van der Waals surface area contributed by atoms with E-state index in [1.807, 2.05) is 12.1 Å². The van der Waals surface area contributed by atoms with E-state index in [4.69, 9.17) is 0 Å². The molecule has 3 heteroatoms. The van der Waals surface area contributed by atoms with Crippen molar-refractivity contribution >= 4 is 17.4 Å². The summed E-state index contributed by atoms with van der Waals surface area (Å²) in [5.74, 6) is 0.479. The maximum absolute atomic E-state index is 12.9. The highest BCUT2D eigenvalue weighted by atomic mass is 32.1. The molecule has 1 nitrogen and oxygen atoms in total. The second kappa shape index (κ2) is 7.53. The predicted molar refractivity (Wildman–Crippen MR) is 91.1 cm³/mol. The average Bonchev–Trinajstić information content (AvgIpc) is 2.87. The van der Waals surface area contributed by atoms with Crippen molar-refractivity contribution in [2.24, 2.45) is 5.92 Å². The molecule has 0 amide bonds. The lowest BCUT2D eigenvalue weighted by atomic mass is 10.2. The van der Waals surface area contributed by atoms with Gasteiger partial charge < -0.3 is 5.32 Å². The molecule has 21 heavy (non-hydrogen) atoms. The first-order valence-electron chi connectivity index (χ1n) is 7.28. The van der Waals surface area contributed by atoms with Gasteiger partial charge in [0.2, 0.25) is 0 Å². The van der Waals surface area contributed by atoms with E-state index in [9.17, 15) is 4.39 Å². The van der Waals surface area contributed by atoms with Crippen molar-refractivity contribution < 1.29 is 4.39 Å². The van der Waals surface area contributed by atoms with Crippen molar-refractivity contribution in [3.8, 4) is 10.4 Å². The molecule has 1 N–H and O–H groups in total. The molecule has 2 rings (SSSR count). The highest BCUT2D eigenvalue weighted by Gasteiger charge is 2.02. The van der Waals surface area contributed by atoms with Crippen molar-refractivity contribution in [3.05, 3.63) is 52.7 Å². The molecular weight excluding hydrogens is 281 g/mol. The topological polar surface area (TPSA) is 12.0 Å². The maximum Gasteiger partial charge on any atom is 0.123 e. The number of hydrogen-bond acceptors (Lipinski definition) is 2. The van der Waals surface area contributed by atoms with Crippen molar-refractivity contribution in [1.29, 1.82) is 0 Å². The second-order valence-electron chi connectivity index (χ2n) is 5.72. The number of hydrogen-bond donors (Lipinski definition) is 1. The number of nitrogens with one attached hydrogen (secondary N) is 1. The SMILES string of the molecule is CC(=Cc1ccc(-c2ccc(F)cc2)s1)CNCC(C)C. The first-order chi connectivity index (χ1) is 10.0. The summed E-state index contributed by atoms with van der Waals surface area (Å²) in [6.07, 6.45) is 2.21. The van der Waals surface area contributed by atoms with Crippen LogP contribution in [0.3, 0.4) is 0 Å². The zero-order valence-electron chi connectivity index (χ0n) is 12.8. The lowest BCUT2D eigenvalue weighted by Gasteiger charge is -2.07. The first kappa shape index (κ1) is 15.9. The Hall–Kier alpha value is -1.45. The third-order valence-electron chi connectivity index (χ3n) is 3.10. The van der Waals surface area contributed by atoms with Crippen LogP contribution in [0.1, 0.15) is 25.6 Å². The fraction of sp³-hybridized carbons (Fsp3) is 0.333. The molecule has 1 heterocycles. The Labute approximate surface area is 130 Å². The van der Waals surface area contributed by atoms with E-state index in [0.717, 1.165) is 18.7 Å². The van der Waals surface area contributed by atoms with E-state index in [1.54, 1.807) is 11.3 Å². The van der Waals surface area contributed by atoms with Crippen LogP contribution in [0.2, 0.25) is 0 Å². The lowest BCUT2D eigenvalue weighted by Crippen LogP contribution is -2.21. The molecule has 0 atom stereocenters. The Morgan fingerprint density at radius 2 is 1.90 bits per heavy atom. The van der Waals surface area contributed by atoms with Gasteiger partial charge in [-0.2, -0.15) is 0 Å². The average molecular weight is 303 g/mol. The van der Waals surface area contributed by atoms with Gasteiger partial charge in [0.15, 0.2) is 0 Å². The molecular formula is C18H22FNS. The molecule has 0 spiro atoms. The molecule has 2 aromatic rings. The zero-order chi connectivity index (χ0) is 15.2. The minimum Gasteiger partial charge on any atom is -0.313 e. The Morgan fingerprint density at radius 1 is 1.19 bits per heavy atom. The summed E-state index contributed by atoms with van der Waals surface area (Å²) in [5, 5.41) is 3.44. The van der Waals surface area contributed by atoms with E-state index in [2.05, 4.69) is 44.3 Å². The molecule has 0 fully saturated rings. The van der Waals surface area contributed by atoms with E-state index >= 15 is 0 Å². The first-order valence-corrected chi connectivity index (χ1v) is 8.10. The lowest BCUT2D eigenvalue weighted by molar-refractivity contribution is 0.572. The van der Waals surface area contributed by atoms with Crippen LogP contribution in [0.5, 0.6) is 0 Å². The number of thiophene rings is 1. The third-order valence-corrected chi connectivity index (χ3v) is 4.18. The summed E-state index contributed by atoms with van der Waals surface area (Å²) in [5.41, 5.74) is 2.39. The van der Waals surface area contributed by atoms with Crippen LogP contribution in [0.15, 0.2) is 42.0 Å². The van der Waals surface area contributed by atoms with Gasteiger partial charge in [-0.05, 0) is 55.3 Å². The van der Waals surface area contributed by atoms with E-state index < -0.39 is 0 Å².